The average Bonchev–Trinajstić information content (AvgIpc) is 3.17. The number of aryl methyl sites for hydroxylation is 2. The van der Waals surface area contributed by atoms with Gasteiger partial charge in [-0.3, -0.25) is 9.48 Å². The maximum atomic E-state index is 13.1. The SMILES string of the molecule is Cc1cc(CNC(=O)c2cc(C(F)(F)F)nn2-c2ccccc2Cl)nn1C. The molecule has 0 aliphatic carbocycles. The zero-order valence-electron chi connectivity index (χ0n) is 14.4. The lowest BCUT2D eigenvalue weighted by atomic mass is 10.3. The molecule has 0 aliphatic rings. The van der Waals surface area contributed by atoms with Gasteiger partial charge >= 0.3 is 6.18 Å². The van der Waals surface area contributed by atoms with Crippen molar-refractivity contribution in [3.05, 3.63) is 64.2 Å². The van der Waals surface area contributed by atoms with E-state index < -0.39 is 17.8 Å². The van der Waals surface area contributed by atoms with E-state index >= 15 is 0 Å². The number of hydrogen-bond donors (Lipinski definition) is 1. The fourth-order valence-electron chi connectivity index (χ4n) is 2.47. The normalized spacial score (nSPS) is 11.6. The number of hydrogen-bond acceptors (Lipinski definition) is 3. The largest absolute Gasteiger partial charge is 0.435 e. The molecule has 0 bridgehead atoms. The van der Waals surface area contributed by atoms with E-state index in [1.807, 2.05) is 6.92 Å². The number of para-hydroxylation sites is 1. The highest BCUT2D eigenvalue weighted by Crippen LogP contribution is 2.30. The molecule has 6 nitrogen and oxygen atoms in total. The molecule has 2 aromatic heterocycles. The molecule has 0 saturated carbocycles. The smallest absolute Gasteiger partial charge is 0.345 e. The highest BCUT2D eigenvalue weighted by molar-refractivity contribution is 6.32. The van der Waals surface area contributed by atoms with Gasteiger partial charge in [0.25, 0.3) is 5.91 Å². The van der Waals surface area contributed by atoms with Gasteiger partial charge in [0.15, 0.2) is 5.69 Å². The van der Waals surface area contributed by atoms with Crippen molar-refractivity contribution in [1.29, 1.82) is 0 Å². The highest BCUT2D eigenvalue weighted by atomic mass is 35.5. The molecule has 1 amide bonds. The first-order valence-electron chi connectivity index (χ1n) is 7.86. The first-order chi connectivity index (χ1) is 12.7. The number of carbonyl (C=O) groups excluding carboxylic acids is 1. The van der Waals surface area contributed by atoms with E-state index in [2.05, 4.69) is 15.5 Å². The zero-order valence-corrected chi connectivity index (χ0v) is 15.1. The molecular formula is C17H15ClF3N5O. The number of nitrogens with one attached hydrogen (secondary N) is 1. The third-order valence-corrected chi connectivity index (χ3v) is 4.23. The molecule has 10 heteroatoms. The lowest BCUT2D eigenvalue weighted by Crippen LogP contribution is -2.25. The molecule has 0 saturated heterocycles. The number of alkyl halides is 3. The standard InChI is InChI=1S/C17H15ClF3N5O/c1-10-7-11(23-25(10)2)9-22-16(27)14-8-15(17(19,20)21)24-26(14)13-6-4-3-5-12(13)18/h3-8H,9H2,1-2H3,(H,22,27). The molecule has 142 valence electrons. The monoisotopic (exact) mass is 397 g/mol. The van der Waals surface area contributed by atoms with Gasteiger partial charge in [0.1, 0.15) is 5.69 Å². The van der Waals surface area contributed by atoms with E-state index in [0.717, 1.165) is 10.4 Å². The molecule has 1 N–H and O–H groups in total. The summed E-state index contributed by atoms with van der Waals surface area (Å²) in [6.45, 7) is 1.91. The van der Waals surface area contributed by atoms with Gasteiger partial charge in [-0.1, -0.05) is 23.7 Å². The van der Waals surface area contributed by atoms with Crippen molar-refractivity contribution < 1.29 is 18.0 Å². The van der Waals surface area contributed by atoms with Crippen LogP contribution < -0.4 is 5.32 Å². The molecule has 0 aliphatic heterocycles. The van der Waals surface area contributed by atoms with E-state index in [4.69, 9.17) is 11.6 Å². The quantitative estimate of drug-likeness (QED) is 0.732. The Morgan fingerprint density at radius 3 is 2.52 bits per heavy atom. The van der Waals surface area contributed by atoms with Gasteiger partial charge in [0.2, 0.25) is 0 Å². The van der Waals surface area contributed by atoms with Crippen molar-refractivity contribution in [2.45, 2.75) is 19.6 Å². The maximum absolute atomic E-state index is 13.1. The Kier molecular flexibility index (Phi) is 4.97. The van der Waals surface area contributed by atoms with E-state index in [-0.39, 0.29) is 22.9 Å². The Balaban J connectivity index is 1.94. The molecule has 0 spiro atoms. The Labute approximate surface area is 157 Å². The van der Waals surface area contributed by atoms with Crippen LogP contribution in [0.2, 0.25) is 5.02 Å². The summed E-state index contributed by atoms with van der Waals surface area (Å²) >= 11 is 6.07. The van der Waals surface area contributed by atoms with Crippen LogP contribution >= 0.6 is 11.6 Å². The van der Waals surface area contributed by atoms with Crippen LogP contribution in [0.25, 0.3) is 5.69 Å². The van der Waals surface area contributed by atoms with Crippen LogP contribution in [0.4, 0.5) is 13.2 Å². The predicted octanol–water partition coefficient (Wildman–Crippen LogP) is 3.52. The maximum Gasteiger partial charge on any atom is 0.435 e. The Morgan fingerprint density at radius 2 is 1.93 bits per heavy atom. The van der Waals surface area contributed by atoms with Crippen LogP contribution in [-0.2, 0) is 19.8 Å². The van der Waals surface area contributed by atoms with E-state index in [1.54, 1.807) is 29.9 Å². The van der Waals surface area contributed by atoms with Crippen molar-refractivity contribution >= 4 is 17.5 Å². The van der Waals surface area contributed by atoms with E-state index in [0.29, 0.717) is 11.8 Å². The second-order valence-electron chi connectivity index (χ2n) is 5.86. The Hall–Kier alpha value is -2.81. The van der Waals surface area contributed by atoms with Crippen LogP contribution in [0, 0.1) is 6.92 Å². The minimum Gasteiger partial charge on any atom is -0.345 e. The summed E-state index contributed by atoms with van der Waals surface area (Å²) < 4.78 is 41.8. The second-order valence-corrected chi connectivity index (χ2v) is 6.27. The molecule has 0 unspecified atom stereocenters. The fraction of sp³-hybridized carbons (Fsp3) is 0.235. The molecule has 1 aromatic carbocycles. The van der Waals surface area contributed by atoms with Crippen LogP contribution in [0.3, 0.4) is 0 Å². The number of rotatable bonds is 4. The van der Waals surface area contributed by atoms with Crippen LogP contribution in [0.15, 0.2) is 36.4 Å². The molecule has 0 atom stereocenters. The molecule has 2 heterocycles. The fourth-order valence-corrected chi connectivity index (χ4v) is 2.69. The lowest BCUT2D eigenvalue weighted by Gasteiger charge is -2.09. The number of benzene rings is 1. The van der Waals surface area contributed by atoms with Gasteiger partial charge in [-0.05, 0) is 25.1 Å². The number of halogens is 4. The van der Waals surface area contributed by atoms with E-state index in [1.165, 1.54) is 12.1 Å². The molecule has 27 heavy (non-hydrogen) atoms. The first kappa shape index (κ1) is 19.0. The van der Waals surface area contributed by atoms with Crippen molar-refractivity contribution in [3.8, 4) is 5.69 Å². The summed E-state index contributed by atoms with van der Waals surface area (Å²) in [5.74, 6) is -0.721. The summed E-state index contributed by atoms with van der Waals surface area (Å²) in [5.41, 5.74) is 0.195. The van der Waals surface area contributed by atoms with Crippen LogP contribution in [0.1, 0.15) is 27.6 Å². The third kappa shape index (κ3) is 3.97. The predicted molar refractivity (Wildman–Crippen MR) is 92.7 cm³/mol. The topological polar surface area (TPSA) is 64.7 Å². The number of aromatic nitrogens is 4. The first-order valence-corrected chi connectivity index (χ1v) is 8.24. The third-order valence-electron chi connectivity index (χ3n) is 3.91. The van der Waals surface area contributed by atoms with Crippen molar-refractivity contribution in [2.75, 3.05) is 0 Å². The summed E-state index contributed by atoms with van der Waals surface area (Å²) in [6.07, 6.45) is -4.69. The van der Waals surface area contributed by atoms with Crippen molar-refractivity contribution in [2.24, 2.45) is 7.05 Å². The van der Waals surface area contributed by atoms with Crippen LogP contribution in [0.5, 0.6) is 0 Å². The number of nitrogens with zero attached hydrogens (tertiary/aromatic N) is 4. The summed E-state index contributed by atoms with van der Waals surface area (Å²) in [4.78, 5) is 12.5. The van der Waals surface area contributed by atoms with Gasteiger partial charge in [-0.25, -0.2) is 4.68 Å². The Bertz CT molecular complexity index is 973. The molecule has 3 rings (SSSR count). The minimum absolute atomic E-state index is 0.0650. The van der Waals surface area contributed by atoms with Gasteiger partial charge < -0.3 is 5.32 Å². The second kappa shape index (κ2) is 7.07. The summed E-state index contributed by atoms with van der Waals surface area (Å²) in [6, 6.07) is 8.67. The summed E-state index contributed by atoms with van der Waals surface area (Å²) in [5, 5.41) is 10.5. The minimum atomic E-state index is -4.69. The summed E-state index contributed by atoms with van der Waals surface area (Å²) in [7, 11) is 1.75. The molecule has 0 fully saturated rings. The Morgan fingerprint density at radius 1 is 1.22 bits per heavy atom. The van der Waals surface area contributed by atoms with Crippen molar-refractivity contribution in [1.82, 2.24) is 24.9 Å². The lowest BCUT2D eigenvalue weighted by molar-refractivity contribution is -0.141. The highest BCUT2D eigenvalue weighted by Gasteiger charge is 2.36. The van der Waals surface area contributed by atoms with Gasteiger partial charge in [-0.15, -0.1) is 0 Å². The molecule has 0 radical (unpaired) electrons. The number of amides is 1. The molecular weight excluding hydrogens is 383 g/mol. The van der Waals surface area contributed by atoms with Gasteiger partial charge in [0, 0.05) is 18.8 Å². The van der Waals surface area contributed by atoms with Gasteiger partial charge in [-0.2, -0.15) is 23.4 Å². The molecule has 3 aromatic rings. The van der Waals surface area contributed by atoms with E-state index in [9.17, 15) is 18.0 Å². The van der Waals surface area contributed by atoms with Gasteiger partial charge in [0.05, 0.1) is 22.9 Å². The number of carbonyl (C=O) groups is 1. The average molecular weight is 398 g/mol. The van der Waals surface area contributed by atoms with Crippen molar-refractivity contribution in [3.63, 3.8) is 0 Å². The van der Waals surface area contributed by atoms with Crippen LogP contribution in [-0.4, -0.2) is 25.5 Å². The zero-order chi connectivity index (χ0) is 19.8.